The van der Waals surface area contributed by atoms with Gasteiger partial charge in [-0.05, 0) is 115 Å². The largest absolute Gasteiger partial charge is 0.361 e. The van der Waals surface area contributed by atoms with Crippen molar-refractivity contribution in [1.29, 1.82) is 5.26 Å². The van der Waals surface area contributed by atoms with Crippen molar-refractivity contribution >= 4 is 16.5 Å². The van der Waals surface area contributed by atoms with Gasteiger partial charge in [-0.25, -0.2) is 0 Å². The Bertz CT molecular complexity index is 1640. The SMILES string of the molecule is Cc1c([C@@H]2C=C2c2c(C#N)cccc2CCc2cccc(CN3CCC(C4CCCCC4)CC3)c2)ccc2[nH]ccc12. The van der Waals surface area contributed by atoms with Crippen molar-refractivity contribution in [3.63, 3.8) is 0 Å². The Hall–Kier alpha value is -3.61. The van der Waals surface area contributed by atoms with Crippen molar-refractivity contribution < 1.29 is 0 Å². The first kappa shape index (κ1) is 27.2. The number of fused-ring (bicyclic) bond motifs is 1. The van der Waals surface area contributed by atoms with Crippen LogP contribution >= 0.6 is 0 Å². The molecule has 0 bridgehead atoms. The summed E-state index contributed by atoms with van der Waals surface area (Å²) >= 11 is 0. The molecule has 7 rings (SSSR count). The van der Waals surface area contributed by atoms with Crippen LogP contribution in [-0.2, 0) is 19.4 Å². The van der Waals surface area contributed by atoms with Crippen molar-refractivity contribution in [2.24, 2.45) is 11.8 Å². The number of hydrogen-bond donors (Lipinski definition) is 1. The molecule has 2 fully saturated rings. The molecule has 42 heavy (non-hydrogen) atoms. The smallest absolute Gasteiger partial charge is 0.0998 e. The fourth-order valence-corrected chi connectivity index (χ4v) is 8.12. The van der Waals surface area contributed by atoms with Crippen LogP contribution in [0.3, 0.4) is 0 Å². The minimum atomic E-state index is 0.295. The molecule has 1 aromatic heterocycles. The summed E-state index contributed by atoms with van der Waals surface area (Å²) in [6.07, 6.45) is 16.4. The van der Waals surface area contributed by atoms with Crippen LogP contribution in [0, 0.1) is 30.1 Å². The van der Waals surface area contributed by atoms with E-state index in [1.165, 1.54) is 102 Å². The van der Waals surface area contributed by atoms with Gasteiger partial charge in [0.15, 0.2) is 0 Å². The molecule has 3 aliphatic rings. The van der Waals surface area contributed by atoms with E-state index in [4.69, 9.17) is 0 Å². The van der Waals surface area contributed by atoms with Crippen molar-refractivity contribution in [1.82, 2.24) is 9.88 Å². The number of benzene rings is 3. The van der Waals surface area contributed by atoms with E-state index in [-0.39, 0.29) is 0 Å². The minimum Gasteiger partial charge on any atom is -0.361 e. The lowest BCUT2D eigenvalue weighted by molar-refractivity contribution is 0.122. The normalized spacial score (nSPS) is 20.0. The molecule has 0 amide bonds. The molecule has 2 heterocycles. The number of nitriles is 1. The van der Waals surface area contributed by atoms with Crippen LogP contribution in [0.5, 0.6) is 0 Å². The molecule has 1 saturated carbocycles. The number of piperidine rings is 1. The zero-order valence-corrected chi connectivity index (χ0v) is 25.0. The van der Waals surface area contributed by atoms with Crippen LogP contribution in [-0.4, -0.2) is 23.0 Å². The Kier molecular flexibility index (Phi) is 7.74. The highest BCUT2D eigenvalue weighted by atomic mass is 15.1. The van der Waals surface area contributed by atoms with Crippen LogP contribution in [0.15, 0.2) is 72.9 Å². The number of aromatic amines is 1. The third-order valence-corrected chi connectivity index (χ3v) is 10.5. The maximum Gasteiger partial charge on any atom is 0.0998 e. The average molecular weight is 554 g/mol. The van der Waals surface area contributed by atoms with E-state index in [9.17, 15) is 5.26 Å². The number of likely N-dealkylation sites (tertiary alicyclic amines) is 1. The standard InChI is InChI=1S/C39H43N3/c1-27-34(15-16-38-35(27)17-20-41-38)36-24-37(36)39-32(11-6-12-33(39)25-40)14-13-28-7-5-8-29(23-28)26-42-21-18-31(19-22-42)30-9-3-2-4-10-30/h5-8,11-12,15-17,20,23-24,30-31,36,41H,2-4,9-10,13-14,18-19,21-22,26H2,1H3/t36-/m0/s1. The average Bonchev–Trinajstić information content (AvgIpc) is 3.66. The highest BCUT2D eigenvalue weighted by Gasteiger charge is 2.32. The third kappa shape index (κ3) is 5.58. The Morgan fingerprint density at radius 3 is 2.48 bits per heavy atom. The summed E-state index contributed by atoms with van der Waals surface area (Å²) in [5.74, 6) is 2.26. The summed E-state index contributed by atoms with van der Waals surface area (Å²) in [6.45, 7) is 5.79. The van der Waals surface area contributed by atoms with Crippen LogP contribution in [0.25, 0.3) is 16.5 Å². The van der Waals surface area contributed by atoms with Gasteiger partial charge in [-0.3, -0.25) is 4.90 Å². The van der Waals surface area contributed by atoms with E-state index in [1.807, 2.05) is 12.3 Å². The molecule has 0 unspecified atom stereocenters. The van der Waals surface area contributed by atoms with Crippen LogP contribution in [0.2, 0.25) is 0 Å². The Labute approximate surface area is 251 Å². The van der Waals surface area contributed by atoms with Crippen molar-refractivity contribution in [2.75, 3.05) is 13.1 Å². The first-order valence-corrected chi connectivity index (χ1v) is 16.3. The molecule has 0 radical (unpaired) electrons. The molecule has 4 aromatic rings. The van der Waals surface area contributed by atoms with Crippen molar-refractivity contribution in [3.05, 3.63) is 112 Å². The molecule has 1 N–H and O–H groups in total. The van der Waals surface area contributed by atoms with Crippen LogP contribution in [0.1, 0.15) is 89.8 Å². The van der Waals surface area contributed by atoms with Gasteiger partial charge in [-0.2, -0.15) is 5.26 Å². The molecule has 3 heteroatoms. The molecule has 0 spiro atoms. The molecule has 1 saturated heterocycles. The Morgan fingerprint density at radius 2 is 1.64 bits per heavy atom. The maximum atomic E-state index is 10.0. The monoisotopic (exact) mass is 553 g/mol. The van der Waals surface area contributed by atoms with Gasteiger partial charge < -0.3 is 4.98 Å². The molecular weight excluding hydrogens is 510 g/mol. The topological polar surface area (TPSA) is 42.8 Å². The second-order valence-electron chi connectivity index (χ2n) is 13.1. The van der Waals surface area contributed by atoms with E-state index < -0.39 is 0 Å². The van der Waals surface area contributed by atoms with E-state index >= 15 is 0 Å². The van der Waals surface area contributed by atoms with E-state index in [2.05, 4.69) is 83.6 Å². The van der Waals surface area contributed by atoms with Gasteiger partial charge in [0.25, 0.3) is 0 Å². The first-order chi connectivity index (χ1) is 20.7. The van der Waals surface area contributed by atoms with Gasteiger partial charge in [-0.15, -0.1) is 0 Å². The summed E-state index contributed by atoms with van der Waals surface area (Å²) < 4.78 is 0. The number of rotatable bonds is 8. The molecule has 1 aliphatic heterocycles. The van der Waals surface area contributed by atoms with Gasteiger partial charge in [0.1, 0.15) is 0 Å². The zero-order valence-electron chi connectivity index (χ0n) is 25.0. The number of allylic oxidation sites excluding steroid dienone is 2. The highest BCUT2D eigenvalue weighted by Crippen LogP contribution is 2.50. The second kappa shape index (κ2) is 11.9. The predicted molar refractivity (Wildman–Crippen MR) is 173 cm³/mol. The minimum absolute atomic E-state index is 0.295. The molecule has 3 aromatic carbocycles. The van der Waals surface area contributed by atoms with Gasteiger partial charge >= 0.3 is 0 Å². The summed E-state index contributed by atoms with van der Waals surface area (Å²) in [6, 6.07) is 24.6. The fourth-order valence-electron chi connectivity index (χ4n) is 8.12. The summed E-state index contributed by atoms with van der Waals surface area (Å²) in [4.78, 5) is 6.01. The molecule has 214 valence electrons. The number of nitrogens with one attached hydrogen (secondary N) is 1. The molecule has 2 aliphatic carbocycles. The number of aryl methyl sites for hydroxylation is 3. The van der Waals surface area contributed by atoms with Crippen molar-refractivity contribution in [3.8, 4) is 6.07 Å². The second-order valence-corrected chi connectivity index (χ2v) is 13.1. The molecule has 3 nitrogen and oxygen atoms in total. The summed E-state index contributed by atoms with van der Waals surface area (Å²) in [5, 5.41) is 11.3. The fraction of sp³-hybridized carbons (Fsp3) is 0.410. The number of hydrogen-bond acceptors (Lipinski definition) is 2. The lowest BCUT2D eigenvalue weighted by Gasteiger charge is -2.37. The third-order valence-electron chi connectivity index (χ3n) is 10.5. The Morgan fingerprint density at radius 1 is 0.857 bits per heavy atom. The van der Waals surface area contributed by atoms with Gasteiger partial charge in [0.05, 0.1) is 11.6 Å². The highest BCUT2D eigenvalue weighted by molar-refractivity contribution is 5.93. The quantitative estimate of drug-likeness (QED) is 0.236. The summed E-state index contributed by atoms with van der Waals surface area (Å²) in [5.41, 5.74) is 11.3. The first-order valence-electron chi connectivity index (χ1n) is 16.3. The van der Waals surface area contributed by atoms with Crippen molar-refractivity contribution in [2.45, 2.75) is 77.2 Å². The van der Waals surface area contributed by atoms with Gasteiger partial charge in [0.2, 0.25) is 0 Å². The molecule has 1 atom stereocenters. The lowest BCUT2D eigenvalue weighted by atomic mass is 9.76. The van der Waals surface area contributed by atoms with E-state index in [1.54, 1.807) is 0 Å². The lowest BCUT2D eigenvalue weighted by Crippen LogP contribution is -2.36. The van der Waals surface area contributed by atoms with E-state index in [0.29, 0.717) is 5.92 Å². The van der Waals surface area contributed by atoms with Crippen LogP contribution in [0.4, 0.5) is 0 Å². The number of nitrogens with zero attached hydrogens (tertiary/aromatic N) is 2. The zero-order chi connectivity index (χ0) is 28.5. The predicted octanol–water partition coefficient (Wildman–Crippen LogP) is 9.11. The van der Waals surface area contributed by atoms with Gasteiger partial charge in [-0.1, -0.05) is 80.6 Å². The van der Waals surface area contributed by atoms with E-state index in [0.717, 1.165) is 42.3 Å². The number of H-pyrrole nitrogens is 1. The molecular formula is C39H43N3. The maximum absolute atomic E-state index is 10.0. The van der Waals surface area contributed by atoms with Gasteiger partial charge in [0, 0.05) is 29.6 Å². The number of aromatic nitrogens is 1. The van der Waals surface area contributed by atoms with Crippen LogP contribution < -0.4 is 0 Å². The Balaban J connectivity index is 1.01. The summed E-state index contributed by atoms with van der Waals surface area (Å²) in [7, 11) is 0.